The van der Waals surface area contributed by atoms with E-state index < -0.39 is 0 Å². The third-order valence-electron chi connectivity index (χ3n) is 3.57. The summed E-state index contributed by atoms with van der Waals surface area (Å²) in [5, 5.41) is 14.3. The molecule has 0 heterocycles. The predicted molar refractivity (Wildman–Crippen MR) is 87.8 cm³/mol. The van der Waals surface area contributed by atoms with Gasteiger partial charge in [-0.05, 0) is 18.1 Å². The van der Waals surface area contributed by atoms with Gasteiger partial charge in [0, 0.05) is 18.5 Å². The van der Waals surface area contributed by atoms with Crippen LogP contribution >= 0.6 is 0 Å². The van der Waals surface area contributed by atoms with Gasteiger partial charge in [-0.3, -0.25) is 0 Å². The molecule has 0 saturated carbocycles. The standard InChI is InChI=1S/C18H22N2O2/c1-14(20-18(22)19-12-13-21)17(15-8-4-2-5-9-15)16-10-6-3-7-11-16/h2-11,14,17,21H,12-13H2,1H3,(H2,19,20,22). The van der Waals surface area contributed by atoms with Crippen molar-refractivity contribution in [2.45, 2.75) is 18.9 Å². The zero-order valence-corrected chi connectivity index (χ0v) is 12.7. The normalized spacial score (nSPS) is 12.0. The van der Waals surface area contributed by atoms with Crippen molar-refractivity contribution in [1.82, 2.24) is 10.6 Å². The Bertz CT molecular complexity index is 533. The molecule has 0 aliphatic rings. The molecule has 0 radical (unpaired) electrons. The summed E-state index contributed by atoms with van der Waals surface area (Å²) in [7, 11) is 0. The fourth-order valence-electron chi connectivity index (χ4n) is 2.60. The van der Waals surface area contributed by atoms with Crippen LogP contribution in [-0.4, -0.2) is 30.3 Å². The molecule has 4 nitrogen and oxygen atoms in total. The van der Waals surface area contributed by atoms with Crippen LogP contribution in [0.1, 0.15) is 24.0 Å². The highest BCUT2D eigenvalue weighted by Gasteiger charge is 2.22. The molecule has 0 aromatic heterocycles. The van der Waals surface area contributed by atoms with Gasteiger partial charge in [-0.15, -0.1) is 0 Å². The Morgan fingerprint density at radius 1 is 1.00 bits per heavy atom. The second-order valence-corrected chi connectivity index (χ2v) is 5.21. The van der Waals surface area contributed by atoms with Gasteiger partial charge in [0.2, 0.25) is 0 Å². The van der Waals surface area contributed by atoms with Crippen molar-refractivity contribution >= 4 is 6.03 Å². The number of nitrogens with one attached hydrogen (secondary N) is 2. The van der Waals surface area contributed by atoms with Gasteiger partial charge in [-0.1, -0.05) is 60.7 Å². The fraction of sp³-hybridized carbons (Fsp3) is 0.278. The van der Waals surface area contributed by atoms with E-state index in [0.29, 0.717) is 0 Å². The predicted octanol–water partition coefficient (Wildman–Crippen LogP) is 2.50. The largest absolute Gasteiger partial charge is 0.395 e. The molecule has 0 saturated heterocycles. The third-order valence-corrected chi connectivity index (χ3v) is 3.57. The number of aliphatic hydroxyl groups is 1. The first-order valence-electron chi connectivity index (χ1n) is 7.47. The van der Waals surface area contributed by atoms with Crippen LogP contribution in [0.4, 0.5) is 4.79 Å². The molecule has 0 aliphatic heterocycles. The lowest BCUT2D eigenvalue weighted by molar-refractivity contribution is 0.230. The van der Waals surface area contributed by atoms with Crippen LogP contribution in [0.5, 0.6) is 0 Å². The summed E-state index contributed by atoms with van der Waals surface area (Å²) in [6.07, 6.45) is 0. The summed E-state index contributed by atoms with van der Waals surface area (Å²) in [5.41, 5.74) is 2.31. The molecule has 22 heavy (non-hydrogen) atoms. The minimum absolute atomic E-state index is 0.0669. The highest BCUT2D eigenvalue weighted by atomic mass is 16.3. The number of urea groups is 1. The Hall–Kier alpha value is -2.33. The average Bonchev–Trinajstić information content (AvgIpc) is 2.55. The van der Waals surface area contributed by atoms with E-state index in [1.807, 2.05) is 43.3 Å². The van der Waals surface area contributed by atoms with Crippen LogP contribution in [-0.2, 0) is 0 Å². The summed E-state index contributed by atoms with van der Waals surface area (Å²) in [6, 6.07) is 19.9. The fourth-order valence-corrected chi connectivity index (χ4v) is 2.60. The Morgan fingerprint density at radius 3 is 1.95 bits per heavy atom. The van der Waals surface area contributed by atoms with E-state index >= 15 is 0 Å². The maximum atomic E-state index is 11.8. The van der Waals surface area contributed by atoms with Gasteiger partial charge in [0.1, 0.15) is 0 Å². The molecule has 116 valence electrons. The molecule has 2 aromatic carbocycles. The van der Waals surface area contributed by atoms with E-state index in [1.165, 1.54) is 0 Å². The zero-order chi connectivity index (χ0) is 15.8. The van der Waals surface area contributed by atoms with Crippen molar-refractivity contribution in [3.8, 4) is 0 Å². The Kier molecular flexibility index (Phi) is 5.98. The van der Waals surface area contributed by atoms with Crippen molar-refractivity contribution in [2.24, 2.45) is 0 Å². The molecule has 0 fully saturated rings. The SMILES string of the molecule is CC(NC(=O)NCCO)C(c1ccccc1)c1ccccc1. The minimum atomic E-state index is -0.265. The third kappa shape index (κ3) is 4.33. The number of hydrogen-bond acceptors (Lipinski definition) is 2. The lowest BCUT2D eigenvalue weighted by Gasteiger charge is -2.26. The summed E-state index contributed by atoms with van der Waals surface area (Å²) in [6.45, 7) is 2.17. The van der Waals surface area contributed by atoms with Gasteiger partial charge in [0.25, 0.3) is 0 Å². The van der Waals surface area contributed by atoms with Crippen molar-refractivity contribution < 1.29 is 9.90 Å². The van der Waals surface area contributed by atoms with Crippen LogP contribution < -0.4 is 10.6 Å². The number of hydrogen-bond donors (Lipinski definition) is 3. The van der Waals surface area contributed by atoms with E-state index in [-0.39, 0.29) is 31.1 Å². The van der Waals surface area contributed by atoms with Crippen LogP contribution in [0.2, 0.25) is 0 Å². The van der Waals surface area contributed by atoms with Crippen LogP contribution in [0.15, 0.2) is 60.7 Å². The molecule has 1 unspecified atom stereocenters. The molecule has 3 N–H and O–H groups in total. The molecular weight excluding hydrogens is 276 g/mol. The van der Waals surface area contributed by atoms with Crippen molar-refractivity contribution in [3.05, 3.63) is 71.8 Å². The van der Waals surface area contributed by atoms with Gasteiger partial charge < -0.3 is 15.7 Å². The monoisotopic (exact) mass is 298 g/mol. The van der Waals surface area contributed by atoms with E-state index in [9.17, 15) is 4.79 Å². The number of rotatable bonds is 6. The van der Waals surface area contributed by atoms with E-state index in [1.54, 1.807) is 0 Å². The molecule has 2 aromatic rings. The Labute approximate surface area is 131 Å². The molecule has 0 spiro atoms. The van der Waals surface area contributed by atoms with Gasteiger partial charge in [0.15, 0.2) is 0 Å². The first-order chi connectivity index (χ1) is 10.7. The maximum Gasteiger partial charge on any atom is 0.315 e. The molecule has 0 aliphatic carbocycles. The lowest BCUT2D eigenvalue weighted by atomic mass is 9.86. The molecule has 0 bridgehead atoms. The zero-order valence-electron chi connectivity index (χ0n) is 12.7. The van der Waals surface area contributed by atoms with Crippen molar-refractivity contribution in [3.63, 3.8) is 0 Å². The van der Waals surface area contributed by atoms with E-state index in [0.717, 1.165) is 11.1 Å². The summed E-state index contributed by atoms with van der Waals surface area (Å²) < 4.78 is 0. The Balaban J connectivity index is 2.20. The van der Waals surface area contributed by atoms with E-state index in [4.69, 9.17) is 5.11 Å². The second-order valence-electron chi connectivity index (χ2n) is 5.21. The molecule has 2 rings (SSSR count). The second kappa shape index (κ2) is 8.20. The van der Waals surface area contributed by atoms with Gasteiger partial charge in [-0.25, -0.2) is 4.79 Å². The topological polar surface area (TPSA) is 61.4 Å². The highest BCUT2D eigenvalue weighted by molar-refractivity contribution is 5.74. The molecular formula is C18H22N2O2. The number of carbonyl (C=O) groups is 1. The number of carbonyl (C=O) groups excluding carboxylic acids is 1. The van der Waals surface area contributed by atoms with Crippen LogP contribution in [0.3, 0.4) is 0 Å². The van der Waals surface area contributed by atoms with E-state index in [2.05, 4.69) is 34.9 Å². The number of benzene rings is 2. The van der Waals surface area contributed by atoms with Gasteiger partial charge in [0.05, 0.1) is 6.61 Å². The van der Waals surface area contributed by atoms with Gasteiger partial charge in [-0.2, -0.15) is 0 Å². The van der Waals surface area contributed by atoms with Crippen LogP contribution in [0, 0.1) is 0 Å². The van der Waals surface area contributed by atoms with Gasteiger partial charge >= 0.3 is 6.03 Å². The number of amides is 2. The van der Waals surface area contributed by atoms with Crippen LogP contribution in [0.25, 0.3) is 0 Å². The summed E-state index contributed by atoms with van der Waals surface area (Å²) >= 11 is 0. The maximum absolute atomic E-state index is 11.8. The quantitative estimate of drug-likeness (QED) is 0.767. The molecule has 1 atom stereocenters. The lowest BCUT2D eigenvalue weighted by Crippen LogP contribution is -2.44. The molecule has 4 heteroatoms. The highest BCUT2D eigenvalue weighted by Crippen LogP contribution is 2.27. The smallest absolute Gasteiger partial charge is 0.315 e. The molecule has 2 amide bonds. The summed E-state index contributed by atoms with van der Waals surface area (Å²) in [5.74, 6) is 0.0716. The first-order valence-corrected chi connectivity index (χ1v) is 7.47. The summed E-state index contributed by atoms with van der Waals surface area (Å²) in [4.78, 5) is 11.8. The van der Waals surface area contributed by atoms with Crippen molar-refractivity contribution in [2.75, 3.05) is 13.2 Å². The first kappa shape index (κ1) is 16.0. The van der Waals surface area contributed by atoms with Crippen molar-refractivity contribution in [1.29, 1.82) is 0 Å². The minimum Gasteiger partial charge on any atom is -0.395 e. The average molecular weight is 298 g/mol. The Morgan fingerprint density at radius 2 is 1.50 bits per heavy atom. The number of aliphatic hydroxyl groups excluding tert-OH is 1.